The molecule has 0 aromatic heterocycles. The number of piperidine rings is 2. The summed E-state index contributed by atoms with van der Waals surface area (Å²) < 4.78 is 28.7. The van der Waals surface area contributed by atoms with E-state index in [1.807, 2.05) is 36.1 Å². The van der Waals surface area contributed by atoms with Crippen molar-refractivity contribution in [1.29, 1.82) is 0 Å². The summed E-state index contributed by atoms with van der Waals surface area (Å²) >= 11 is 0. The van der Waals surface area contributed by atoms with Crippen molar-refractivity contribution in [2.45, 2.75) is 63.6 Å². The number of rotatable bonds is 5. The van der Waals surface area contributed by atoms with Gasteiger partial charge in [0.2, 0.25) is 10.0 Å². The Labute approximate surface area is 227 Å². The van der Waals surface area contributed by atoms with Crippen molar-refractivity contribution in [3.8, 4) is 0 Å². The average molecular weight is 537 g/mol. The first-order valence-electron chi connectivity index (χ1n) is 14.3. The Morgan fingerprint density at radius 2 is 1.74 bits per heavy atom. The normalized spacial score (nSPS) is 24.7. The van der Waals surface area contributed by atoms with Crippen LogP contribution in [0.2, 0.25) is 0 Å². The lowest BCUT2D eigenvalue weighted by atomic mass is 9.87. The molecule has 4 aliphatic heterocycles. The number of anilines is 1. The van der Waals surface area contributed by atoms with Crippen LogP contribution < -0.4 is 4.31 Å². The van der Waals surface area contributed by atoms with Crippen molar-refractivity contribution >= 4 is 21.6 Å². The van der Waals surface area contributed by atoms with E-state index in [0.717, 1.165) is 63.1 Å². The van der Waals surface area contributed by atoms with Gasteiger partial charge in [0.15, 0.2) is 0 Å². The maximum absolute atomic E-state index is 13.7. The van der Waals surface area contributed by atoms with E-state index in [0.29, 0.717) is 31.1 Å². The van der Waals surface area contributed by atoms with Gasteiger partial charge < -0.3 is 9.80 Å². The maximum Gasteiger partial charge on any atom is 0.254 e. The minimum absolute atomic E-state index is 0.0386. The number of carbonyl (C=O) groups is 1. The molecular weight excluding hydrogens is 496 g/mol. The number of hydrogen-bond acceptors (Lipinski definition) is 5. The van der Waals surface area contributed by atoms with Crippen LogP contribution in [0.1, 0.15) is 65.6 Å². The number of amides is 1. The molecule has 0 bridgehead atoms. The molecule has 4 aliphatic rings. The van der Waals surface area contributed by atoms with Crippen LogP contribution in [0.25, 0.3) is 0 Å². The highest BCUT2D eigenvalue weighted by Crippen LogP contribution is 2.47. The van der Waals surface area contributed by atoms with E-state index in [-0.39, 0.29) is 23.6 Å². The highest BCUT2D eigenvalue weighted by atomic mass is 32.2. The van der Waals surface area contributed by atoms with Gasteiger partial charge >= 0.3 is 0 Å². The van der Waals surface area contributed by atoms with Gasteiger partial charge in [0.25, 0.3) is 5.91 Å². The number of sulfonamides is 1. The van der Waals surface area contributed by atoms with Gasteiger partial charge in [-0.05, 0) is 87.1 Å². The minimum Gasteiger partial charge on any atom is -0.334 e. The second-order valence-corrected chi connectivity index (χ2v) is 13.6. The Morgan fingerprint density at radius 3 is 2.50 bits per heavy atom. The molecule has 6 rings (SSSR count). The second-order valence-electron chi connectivity index (χ2n) is 11.6. The summed E-state index contributed by atoms with van der Waals surface area (Å²) in [5, 5.41) is 0. The predicted molar refractivity (Wildman–Crippen MR) is 151 cm³/mol. The molecular formula is C30H40N4O3S. The average Bonchev–Trinajstić information content (AvgIpc) is 3.26. The highest BCUT2D eigenvalue weighted by Gasteiger charge is 2.47. The van der Waals surface area contributed by atoms with Crippen LogP contribution in [0, 0.1) is 0 Å². The Hall–Kier alpha value is -2.42. The zero-order chi connectivity index (χ0) is 26.4. The lowest BCUT2D eigenvalue weighted by molar-refractivity contribution is 0.0734. The van der Waals surface area contributed by atoms with Gasteiger partial charge in [-0.3, -0.25) is 14.0 Å². The van der Waals surface area contributed by atoms with Crippen LogP contribution in [-0.4, -0.2) is 86.6 Å². The molecule has 0 N–H and O–H groups in total. The molecule has 2 aromatic carbocycles. The van der Waals surface area contributed by atoms with Crippen molar-refractivity contribution in [1.82, 2.24) is 14.7 Å². The molecule has 2 atom stereocenters. The maximum atomic E-state index is 13.7. The summed E-state index contributed by atoms with van der Waals surface area (Å²) in [5.74, 6) is 0.291. The van der Waals surface area contributed by atoms with E-state index >= 15 is 0 Å². The van der Waals surface area contributed by atoms with Crippen LogP contribution in [0.15, 0.2) is 42.5 Å². The third kappa shape index (κ3) is 4.65. The van der Waals surface area contributed by atoms with Crippen LogP contribution >= 0.6 is 0 Å². The minimum atomic E-state index is -3.42. The smallest absolute Gasteiger partial charge is 0.254 e. The number of fused-ring (bicyclic) bond motifs is 4. The first kappa shape index (κ1) is 25.8. The fourth-order valence-corrected chi connectivity index (χ4v) is 9.01. The molecule has 2 saturated heterocycles. The van der Waals surface area contributed by atoms with Gasteiger partial charge in [-0.25, -0.2) is 8.42 Å². The van der Waals surface area contributed by atoms with Gasteiger partial charge in [-0.1, -0.05) is 31.2 Å². The fraction of sp³-hybridized carbons (Fsp3) is 0.567. The Bertz CT molecular complexity index is 1300. The van der Waals surface area contributed by atoms with Crippen LogP contribution in [-0.2, 0) is 23.0 Å². The number of benzene rings is 2. The highest BCUT2D eigenvalue weighted by molar-refractivity contribution is 7.92. The lowest BCUT2D eigenvalue weighted by Gasteiger charge is -2.44. The van der Waals surface area contributed by atoms with Crippen molar-refractivity contribution < 1.29 is 13.2 Å². The molecule has 8 heteroatoms. The van der Waals surface area contributed by atoms with E-state index < -0.39 is 10.0 Å². The lowest BCUT2D eigenvalue weighted by Crippen LogP contribution is -2.53. The standard InChI is InChI=1S/C30H40N4O3S/c1-3-18-38(36,37)34-28-9-8-23(30(35)33-16-10-22-6-4-5-7-24(22)20-33)19-26(28)27-21-32(17-13-29(27)34)25-11-14-31(2)15-12-25/h4-9,19,25,27,29H,3,10-18,20-21H2,1-2H3. The summed E-state index contributed by atoms with van der Waals surface area (Å²) in [6, 6.07) is 14.6. The number of nitrogens with zero attached hydrogens (tertiary/aromatic N) is 4. The SMILES string of the molecule is CCCS(=O)(=O)N1c2ccc(C(=O)N3CCc4ccccc4C3)cc2C2CN(C3CCN(C)CC3)CCC21. The van der Waals surface area contributed by atoms with E-state index in [9.17, 15) is 13.2 Å². The van der Waals surface area contributed by atoms with Crippen LogP contribution in [0.3, 0.4) is 0 Å². The quantitative estimate of drug-likeness (QED) is 0.583. The number of hydrogen-bond donors (Lipinski definition) is 0. The van der Waals surface area contributed by atoms with Crippen molar-refractivity contribution in [3.63, 3.8) is 0 Å². The zero-order valence-electron chi connectivity index (χ0n) is 22.7. The van der Waals surface area contributed by atoms with Crippen molar-refractivity contribution in [2.75, 3.05) is 49.8 Å². The topological polar surface area (TPSA) is 64.2 Å². The van der Waals surface area contributed by atoms with Gasteiger partial charge in [0, 0.05) is 43.7 Å². The van der Waals surface area contributed by atoms with Gasteiger partial charge in [-0.15, -0.1) is 0 Å². The van der Waals surface area contributed by atoms with E-state index in [1.165, 1.54) is 11.1 Å². The number of carbonyl (C=O) groups excluding carboxylic acids is 1. The largest absolute Gasteiger partial charge is 0.334 e. The van der Waals surface area contributed by atoms with Crippen molar-refractivity contribution in [3.05, 3.63) is 64.7 Å². The van der Waals surface area contributed by atoms with Crippen LogP contribution in [0.4, 0.5) is 5.69 Å². The second kappa shape index (κ2) is 10.3. The molecule has 0 saturated carbocycles. The van der Waals surface area contributed by atoms with E-state index in [2.05, 4.69) is 35.0 Å². The van der Waals surface area contributed by atoms with Gasteiger partial charge in [-0.2, -0.15) is 0 Å². The predicted octanol–water partition coefficient (Wildman–Crippen LogP) is 3.70. The van der Waals surface area contributed by atoms with E-state index in [1.54, 1.807) is 4.31 Å². The molecule has 4 heterocycles. The summed E-state index contributed by atoms with van der Waals surface area (Å²) in [6.07, 6.45) is 4.62. The van der Waals surface area contributed by atoms with Gasteiger partial charge in [0.1, 0.15) is 0 Å². The molecule has 1 amide bonds. The molecule has 38 heavy (non-hydrogen) atoms. The molecule has 0 aliphatic carbocycles. The number of likely N-dealkylation sites (tertiary alicyclic amines) is 2. The monoisotopic (exact) mass is 536 g/mol. The first-order valence-corrected chi connectivity index (χ1v) is 15.9. The summed E-state index contributed by atoms with van der Waals surface area (Å²) in [4.78, 5) is 20.6. The Balaban J connectivity index is 1.30. The summed E-state index contributed by atoms with van der Waals surface area (Å²) in [7, 11) is -1.23. The zero-order valence-corrected chi connectivity index (χ0v) is 23.5. The third-order valence-electron chi connectivity index (χ3n) is 9.20. The Kier molecular flexibility index (Phi) is 6.99. The van der Waals surface area contributed by atoms with Crippen molar-refractivity contribution in [2.24, 2.45) is 0 Å². The molecule has 204 valence electrons. The van der Waals surface area contributed by atoms with E-state index in [4.69, 9.17) is 0 Å². The Morgan fingerprint density at radius 1 is 0.974 bits per heavy atom. The van der Waals surface area contributed by atoms with Gasteiger partial charge in [0.05, 0.1) is 17.5 Å². The third-order valence-corrected chi connectivity index (χ3v) is 11.2. The molecule has 2 unspecified atom stereocenters. The molecule has 0 spiro atoms. The summed E-state index contributed by atoms with van der Waals surface area (Å²) in [5.41, 5.74) is 5.04. The molecule has 2 fully saturated rings. The first-order chi connectivity index (χ1) is 18.4. The molecule has 2 aromatic rings. The molecule has 7 nitrogen and oxygen atoms in total. The summed E-state index contributed by atoms with van der Waals surface area (Å²) in [6.45, 7) is 7.27. The van der Waals surface area contributed by atoms with Crippen LogP contribution in [0.5, 0.6) is 0 Å². The fourth-order valence-electron chi connectivity index (χ4n) is 7.17. The molecule has 0 radical (unpaired) electrons.